The Morgan fingerprint density at radius 2 is 1.89 bits per heavy atom. The SMILES string of the molecule is CCNc1ncnc(NCCCC(C)C)c1OC. The Morgan fingerprint density at radius 3 is 2.44 bits per heavy atom. The van der Waals surface area contributed by atoms with Gasteiger partial charge in [0, 0.05) is 13.1 Å². The van der Waals surface area contributed by atoms with Gasteiger partial charge in [-0.25, -0.2) is 9.97 Å². The fourth-order valence-corrected chi connectivity index (χ4v) is 1.70. The monoisotopic (exact) mass is 252 g/mol. The summed E-state index contributed by atoms with van der Waals surface area (Å²) in [5, 5.41) is 6.46. The fraction of sp³-hybridized carbons (Fsp3) is 0.692. The van der Waals surface area contributed by atoms with Crippen LogP contribution in [0.3, 0.4) is 0 Å². The number of methoxy groups -OCH3 is 1. The van der Waals surface area contributed by atoms with Crippen molar-refractivity contribution < 1.29 is 4.74 Å². The Morgan fingerprint density at radius 1 is 1.22 bits per heavy atom. The molecule has 2 N–H and O–H groups in total. The van der Waals surface area contributed by atoms with E-state index in [0.29, 0.717) is 5.75 Å². The van der Waals surface area contributed by atoms with Crippen LogP contribution in [0.25, 0.3) is 0 Å². The van der Waals surface area contributed by atoms with Crippen LogP contribution in [0.1, 0.15) is 33.6 Å². The molecule has 0 aliphatic carbocycles. The molecule has 102 valence electrons. The minimum Gasteiger partial charge on any atom is -0.490 e. The second-order valence-electron chi connectivity index (χ2n) is 4.60. The van der Waals surface area contributed by atoms with E-state index in [1.54, 1.807) is 13.4 Å². The summed E-state index contributed by atoms with van der Waals surface area (Å²) in [6.07, 6.45) is 3.88. The van der Waals surface area contributed by atoms with Crippen molar-refractivity contribution >= 4 is 11.6 Å². The third-order valence-corrected chi connectivity index (χ3v) is 2.60. The van der Waals surface area contributed by atoms with Crippen LogP contribution >= 0.6 is 0 Å². The van der Waals surface area contributed by atoms with E-state index in [1.807, 2.05) is 6.92 Å². The largest absolute Gasteiger partial charge is 0.490 e. The third-order valence-electron chi connectivity index (χ3n) is 2.60. The Kier molecular flexibility index (Phi) is 6.25. The van der Waals surface area contributed by atoms with Crippen molar-refractivity contribution in [1.82, 2.24) is 9.97 Å². The van der Waals surface area contributed by atoms with E-state index in [1.165, 1.54) is 6.42 Å². The maximum Gasteiger partial charge on any atom is 0.204 e. The van der Waals surface area contributed by atoms with Crippen LogP contribution in [0.2, 0.25) is 0 Å². The second kappa shape index (κ2) is 7.74. The molecule has 0 aliphatic rings. The van der Waals surface area contributed by atoms with Gasteiger partial charge in [0.15, 0.2) is 11.6 Å². The molecule has 0 aliphatic heterocycles. The molecule has 1 heterocycles. The van der Waals surface area contributed by atoms with Gasteiger partial charge < -0.3 is 15.4 Å². The zero-order chi connectivity index (χ0) is 13.4. The highest BCUT2D eigenvalue weighted by atomic mass is 16.5. The molecule has 5 heteroatoms. The maximum atomic E-state index is 5.36. The summed E-state index contributed by atoms with van der Waals surface area (Å²) in [6, 6.07) is 0. The molecule has 0 saturated heterocycles. The average Bonchev–Trinajstić information content (AvgIpc) is 2.35. The Bertz CT molecular complexity index is 355. The van der Waals surface area contributed by atoms with Gasteiger partial charge in [-0.3, -0.25) is 0 Å². The second-order valence-corrected chi connectivity index (χ2v) is 4.60. The molecule has 1 aromatic rings. The topological polar surface area (TPSA) is 59.1 Å². The lowest BCUT2D eigenvalue weighted by Crippen LogP contribution is -2.09. The smallest absolute Gasteiger partial charge is 0.204 e. The van der Waals surface area contributed by atoms with Crippen molar-refractivity contribution in [3.05, 3.63) is 6.33 Å². The maximum absolute atomic E-state index is 5.36. The van der Waals surface area contributed by atoms with Gasteiger partial charge in [0.1, 0.15) is 6.33 Å². The van der Waals surface area contributed by atoms with E-state index in [2.05, 4.69) is 34.4 Å². The predicted octanol–water partition coefficient (Wildman–Crippen LogP) is 2.77. The summed E-state index contributed by atoms with van der Waals surface area (Å²) >= 11 is 0. The van der Waals surface area contributed by atoms with E-state index in [4.69, 9.17) is 4.74 Å². The van der Waals surface area contributed by atoms with Gasteiger partial charge in [0.05, 0.1) is 7.11 Å². The molecule has 0 fully saturated rings. The van der Waals surface area contributed by atoms with Crippen molar-refractivity contribution in [2.24, 2.45) is 5.92 Å². The molecule has 0 unspecified atom stereocenters. The van der Waals surface area contributed by atoms with Gasteiger partial charge in [-0.05, 0) is 25.7 Å². The van der Waals surface area contributed by atoms with E-state index in [9.17, 15) is 0 Å². The van der Waals surface area contributed by atoms with Crippen LogP contribution < -0.4 is 15.4 Å². The molecule has 1 rings (SSSR count). The lowest BCUT2D eigenvalue weighted by Gasteiger charge is -2.13. The fourth-order valence-electron chi connectivity index (χ4n) is 1.70. The van der Waals surface area contributed by atoms with Crippen molar-refractivity contribution in [3.63, 3.8) is 0 Å². The molecular formula is C13H24N4O. The Balaban J connectivity index is 2.61. The first-order chi connectivity index (χ1) is 8.69. The van der Waals surface area contributed by atoms with E-state index in [-0.39, 0.29) is 0 Å². The summed E-state index contributed by atoms with van der Waals surface area (Å²) in [5.74, 6) is 2.91. The minimum absolute atomic E-state index is 0.684. The van der Waals surface area contributed by atoms with Gasteiger partial charge in [-0.1, -0.05) is 13.8 Å². The molecule has 0 atom stereocenters. The van der Waals surface area contributed by atoms with Crippen LogP contribution in [-0.4, -0.2) is 30.2 Å². The molecule has 1 aromatic heterocycles. The molecule has 18 heavy (non-hydrogen) atoms. The number of nitrogens with zero attached hydrogens (tertiary/aromatic N) is 2. The van der Waals surface area contributed by atoms with Gasteiger partial charge in [-0.15, -0.1) is 0 Å². The van der Waals surface area contributed by atoms with Crippen LogP contribution in [-0.2, 0) is 0 Å². The number of hydrogen-bond donors (Lipinski definition) is 2. The molecule has 0 amide bonds. The lowest BCUT2D eigenvalue weighted by atomic mass is 10.1. The molecule has 0 spiro atoms. The summed E-state index contributed by atoms with van der Waals surface area (Å²) in [4.78, 5) is 8.39. The van der Waals surface area contributed by atoms with Crippen molar-refractivity contribution in [2.45, 2.75) is 33.6 Å². The lowest BCUT2D eigenvalue weighted by molar-refractivity contribution is 0.414. The first-order valence-electron chi connectivity index (χ1n) is 6.55. The quantitative estimate of drug-likeness (QED) is 0.697. The van der Waals surface area contributed by atoms with Gasteiger partial charge in [-0.2, -0.15) is 0 Å². The molecular weight excluding hydrogens is 228 g/mol. The standard InChI is InChI=1S/C13H24N4O/c1-5-14-12-11(18-4)13(17-9-16-12)15-8-6-7-10(2)3/h9-10H,5-8H2,1-4H3,(H2,14,15,16,17). The zero-order valence-electron chi connectivity index (χ0n) is 11.8. The van der Waals surface area contributed by atoms with Crippen LogP contribution in [0.15, 0.2) is 6.33 Å². The predicted molar refractivity (Wildman–Crippen MR) is 75.3 cm³/mol. The van der Waals surface area contributed by atoms with E-state index >= 15 is 0 Å². The molecule has 0 aromatic carbocycles. The van der Waals surface area contributed by atoms with Gasteiger partial charge in [0.2, 0.25) is 5.75 Å². The summed E-state index contributed by atoms with van der Waals surface area (Å²) in [7, 11) is 1.64. The van der Waals surface area contributed by atoms with Gasteiger partial charge >= 0.3 is 0 Å². The Hall–Kier alpha value is -1.52. The average molecular weight is 252 g/mol. The van der Waals surface area contributed by atoms with Crippen molar-refractivity contribution in [2.75, 3.05) is 30.8 Å². The third kappa shape index (κ3) is 4.39. The first-order valence-corrected chi connectivity index (χ1v) is 6.55. The van der Waals surface area contributed by atoms with Crippen LogP contribution in [0.4, 0.5) is 11.6 Å². The number of hydrogen-bond acceptors (Lipinski definition) is 5. The zero-order valence-corrected chi connectivity index (χ0v) is 11.8. The molecule has 0 bridgehead atoms. The van der Waals surface area contributed by atoms with Gasteiger partial charge in [0.25, 0.3) is 0 Å². The first kappa shape index (κ1) is 14.5. The van der Waals surface area contributed by atoms with Crippen molar-refractivity contribution in [3.8, 4) is 5.75 Å². The van der Waals surface area contributed by atoms with Crippen molar-refractivity contribution in [1.29, 1.82) is 0 Å². The van der Waals surface area contributed by atoms with Crippen LogP contribution in [0, 0.1) is 5.92 Å². The van der Waals surface area contributed by atoms with Crippen LogP contribution in [0.5, 0.6) is 5.75 Å². The highest BCUT2D eigenvalue weighted by molar-refractivity contribution is 5.63. The Labute approximate surface area is 109 Å². The molecule has 0 saturated carbocycles. The highest BCUT2D eigenvalue weighted by Gasteiger charge is 2.10. The minimum atomic E-state index is 0.684. The van der Waals surface area contributed by atoms with E-state index in [0.717, 1.165) is 37.1 Å². The normalized spacial score (nSPS) is 10.5. The number of ether oxygens (including phenoxy) is 1. The number of aromatic nitrogens is 2. The molecule has 5 nitrogen and oxygen atoms in total. The number of rotatable bonds is 8. The summed E-state index contributed by atoms with van der Waals surface area (Å²) < 4.78 is 5.36. The van der Waals surface area contributed by atoms with E-state index < -0.39 is 0 Å². The number of anilines is 2. The number of nitrogens with one attached hydrogen (secondary N) is 2. The highest BCUT2D eigenvalue weighted by Crippen LogP contribution is 2.28. The summed E-state index contributed by atoms with van der Waals surface area (Å²) in [5.41, 5.74) is 0. The summed E-state index contributed by atoms with van der Waals surface area (Å²) in [6.45, 7) is 8.19. The molecule has 0 radical (unpaired) electrons.